The van der Waals surface area contributed by atoms with E-state index in [0.717, 1.165) is 25.1 Å². The number of halogens is 2. The molecule has 6 nitrogen and oxygen atoms in total. The maximum atomic E-state index is 13.8. The fraction of sp³-hybridized carbons (Fsp3) is 0.421. The molecule has 1 aliphatic rings. The van der Waals surface area contributed by atoms with Crippen LogP contribution in [0.25, 0.3) is 11.3 Å². The largest absolute Gasteiger partial charge is 0.441 e. The average Bonchev–Trinajstić information content (AvgIpc) is 3.26. The zero-order valence-electron chi connectivity index (χ0n) is 14.8. The third-order valence-electron chi connectivity index (χ3n) is 4.43. The number of likely N-dealkylation sites (tertiary alicyclic amines) is 1. The molecule has 0 bridgehead atoms. The third kappa shape index (κ3) is 4.90. The van der Waals surface area contributed by atoms with Gasteiger partial charge in [-0.1, -0.05) is 6.07 Å². The lowest BCUT2D eigenvalue weighted by Gasteiger charge is -2.15. The topological polar surface area (TPSA) is 75.4 Å². The van der Waals surface area contributed by atoms with Crippen molar-refractivity contribution in [2.75, 3.05) is 19.6 Å². The number of amides is 2. The molecule has 27 heavy (non-hydrogen) atoms. The molecule has 1 aromatic carbocycles. The minimum absolute atomic E-state index is 0.00344. The molecule has 1 saturated heterocycles. The van der Waals surface area contributed by atoms with Crippen LogP contribution >= 0.6 is 0 Å². The molecule has 1 aromatic heterocycles. The summed E-state index contributed by atoms with van der Waals surface area (Å²) in [4.78, 5) is 29.2. The first-order valence-corrected chi connectivity index (χ1v) is 8.98. The Balaban J connectivity index is 1.42. The first-order chi connectivity index (χ1) is 13.0. The van der Waals surface area contributed by atoms with Crippen molar-refractivity contribution in [1.82, 2.24) is 15.2 Å². The number of hydrogen-bond acceptors (Lipinski definition) is 4. The highest BCUT2D eigenvalue weighted by molar-refractivity contribution is 5.78. The molecule has 0 atom stereocenters. The van der Waals surface area contributed by atoms with Crippen molar-refractivity contribution in [3.8, 4) is 11.3 Å². The maximum absolute atomic E-state index is 13.8. The van der Waals surface area contributed by atoms with Gasteiger partial charge in [0.15, 0.2) is 11.7 Å². The zero-order chi connectivity index (χ0) is 19.2. The lowest BCUT2D eigenvalue weighted by molar-refractivity contribution is -0.127. The van der Waals surface area contributed by atoms with Crippen LogP contribution in [0.1, 0.15) is 31.6 Å². The summed E-state index contributed by atoms with van der Waals surface area (Å²) in [6, 6.07) is 3.56. The fourth-order valence-corrected chi connectivity index (χ4v) is 3.02. The summed E-state index contributed by atoms with van der Waals surface area (Å²) >= 11 is 0. The van der Waals surface area contributed by atoms with Gasteiger partial charge in [-0.15, -0.1) is 0 Å². The predicted octanol–water partition coefficient (Wildman–Crippen LogP) is 2.68. The van der Waals surface area contributed by atoms with Crippen molar-refractivity contribution in [1.29, 1.82) is 0 Å². The molecule has 0 saturated carbocycles. The number of carbonyl (C=O) groups excluding carboxylic acids is 2. The van der Waals surface area contributed by atoms with E-state index in [1.807, 2.05) is 4.90 Å². The van der Waals surface area contributed by atoms with Gasteiger partial charge < -0.3 is 14.6 Å². The quantitative estimate of drug-likeness (QED) is 0.718. The number of rotatable bonds is 8. The van der Waals surface area contributed by atoms with E-state index in [2.05, 4.69) is 10.3 Å². The minimum Gasteiger partial charge on any atom is -0.441 e. The van der Waals surface area contributed by atoms with E-state index in [1.54, 1.807) is 0 Å². The molecule has 1 fully saturated rings. The Bertz CT molecular complexity index is 802. The first kappa shape index (κ1) is 19.0. The molecule has 0 aliphatic carbocycles. The van der Waals surface area contributed by atoms with Crippen LogP contribution < -0.4 is 5.32 Å². The highest BCUT2D eigenvalue weighted by Crippen LogP contribution is 2.26. The van der Waals surface area contributed by atoms with Crippen LogP contribution in [0.3, 0.4) is 0 Å². The van der Waals surface area contributed by atoms with Gasteiger partial charge in [-0.3, -0.25) is 9.59 Å². The number of nitrogens with one attached hydrogen (secondary N) is 1. The van der Waals surface area contributed by atoms with E-state index < -0.39 is 11.6 Å². The van der Waals surface area contributed by atoms with Crippen molar-refractivity contribution >= 4 is 11.8 Å². The maximum Gasteiger partial charge on any atom is 0.222 e. The van der Waals surface area contributed by atoms with Crippen LogP contribution in [0.15, 0.2) is 28.8 Å². The number of nitrogens with zero attached hydrogens (tertiary/aromatic N) is 2. The second-order valence-corrected chi connectivity index (χ2v) is 6.40. The van der Waals surface area contributed by atoms with E-state index >= 15 is 0 Å². The summed E-state index contributed by atoms with van der Waals surface area (Å²) in [5.41, 5.74) is -0.267. The molecule has 0 radical (unpaired) electrons. The number of benzene rings is 1. The monoisotopic (exact) mass is 377 g/mol. The summed E-state index contributed by atoms with van der Waals surface area (Å²) in [5, 5.41) is 2.78. The number of carbonyl (C=O) groups is 2. The van der Waals surface area contributed by atoms with Gasteiger partial charge >= 0.3 is 0 Å². The van der Waals surface area contributed by atoms with Gasteiger partial charge in [0.05, 0.1) is 11.8 Å². The van der Waals surface area contributed by atoms with Gasteiger partial charge in [-0.2, -0.15) is 0 Å². The van der Waals surface area contributed by atoms with Crippen LogP contribution in [-0.4, -0.2) is 41.3 Å². The molecule has 8 heteroatoms. The molecule has 144 valence electrons. The zero-order valence-corrected chi connectivity index (χ0v) is 14.8. The van der Waals surface area contributed by atoms with Gasteiger partial charge in [-0.25, -0.2) is 13.8 Å². The van der Waals surface area contributed by atoms with Crippen molar-refractivity contribution in [2.45, 2.75) is 32.1 Å². The average molecular weight is 377 g/mol. The molecular weight excluding hydrogens is 356 g/mol. The normalized spacial score (nSPS) is 14.0. The third-order valence-corrected chi connectivity index (χ3v) is 4.43. The molecule has 3 rings (SSSR count). The van der Waals surface area contributed by atoms with E-state index in [4.69, 9.17) is 4.42 Å². The molecule has 2 amide bonds. The second-order valence-electron chi connectivity index (χ2n) is 6.40. The van der Waals surface area contributed by atoms with Crippen LogP contribution in [0.4, 0.5) is 8.78 Å². The van der Waals surface area contributed by atoms with Crippen molar-refractivity contribution in [2.24, 2.45) is 0 Å². The van der Waals surface area contributed by atoms with E-state index in [0.29, 0.717) is 25.9 Å². The number of oxazole rings is 1. The Morgan fingerprint density at radius 3 is 2.78 bits per heavy atom. The molecule has 2 heterocycles. The van der Waals surface area contributed by atoms with E-state index in [1.165, 1.54) is 12.3 Å². The van der Waals surface area contributed by atoms with Crippen LogP contribution in [-0.2, 0) is 16.0 Å². The van der Waals surface area contributed by atoms with Gasteiger partial charge in [0, 0.05) is 38.9 Å². The Kier molecular flexibility index (Phi) is 6.16. The van der Waals surface area contributed by atoms with Crippen LogP contribution in [0.2, 0.25) is 0 Å². The number of aryl methyl sites for hydroxylation is 1. The minimum atomic E-state index is -0.730. The molecule has 0 unspecified atom stereocenters. The smallest absolute Gasteiger partial charge is 0.222 e. The van der Waals surface area contributed by atoms with Crippen molar-refractivity contribution in [3.05, 3.63) is 41.9 Å². The van der Waals surface area contributed by atoms with Crippen molar-refractivity contribution in [3.63, 3.8) is 0 Å². The van der Waals surface area contributed by atoms with E-state index in [-0.39, 0.29) is 41.9 Å². The summed E-state index contributed by atoms with van der Waals surface area (Å²) in [7, 11) is 0. The van der Waals surface area contributed by atoms with Crippen molar-refractivity contribution < 1.29 is 22.8 Å². The van der Waals surface area contributed by atoms with Gasteiger partial charge in [0.1, 0.15) is 11.6 Å². The summed E-state index contributed by atoms with van der Waals surface area (Å²) in [5.74, 6) is -1.22. The highest BCUT2D eigenvalue weighted by Gasteiger charge is 2.19. The molecule has 2 aromatic rings. The van der Waals surface area contributed by atoms with Crippen LogP contribution in [0, 0.1) is 11.6 Å². The fourth-order valence-electron chi connectivity index (χ4n) is 3.02. The number of hydrogen-bond donors (Lipinski definition) is 1. The molecule has 1 aliphatic heterocycles. The van der Waals surface area contributed by atoms with Gasteiger partial charge in [0.2, 0.25) is 11.8 Å². The Labute approximate surface area is 155 Å². The molecular formula is C19H21F2N3O3. The molecule has 0 spiro atoms. The predicted molar refractivity (Wildman–Crippen MR) is 93.6 cm³/mol. The summed E-state index contributed by atoms with van der Waals surface area (Å²) in [6.45, 7) is 1.93. The second kappa shape index (κ2) is 8.75. The first-order valence-electron chi connectivity index (χ1n) is 8.98. The van der Waals surface area contributed by atoms with E-state index in [9.17, 15) is 18.4 Å². The lowest BCUT2D eigenvalue weighted by Crippen LogP contribution is -2.30. The lowest BCUT2D eigenvalue weighted by atomic mass is 10.1. The Hall–Kier alpha value is -2.77. The van der Waals surface area contributed by atoms with Crippen LogP contribution in [0.5, 0.6) is 0 Å². The van der Waals surface area contributed by atoms with Gasteiger partial charge in [0.25, 0.3) is 0 Å². The van der Waals surface area contributed by atoms with Gasteiger partial charge in [-0.05, 0) is 25.0 Å². The Morgan fingerprint density at radius 1 is 1.30 bits per heavy atom. The SMILES string of the molecule is O=C(CCc1ncc(-c2c(F)cccc2F)o1)NCCCN1CCCC1=O. The number of aromatic nitrogens is 1. The summed E-state index contributed by atoms with van der Waals surface area (Å²) in [6.07, 6.45) is 3.85. The summed E-state index contributed by atoms with van der Waals surface area (Å²) < 4.78 is 32.9. The highest BCUT2D eigenvalue weighted by atomic mass is 19.1. The Morgan fingerprint density at radius 2 is 2.07 bits per heavy atom. The standard InChI is InChI=1S/C19H21F2N3O3/c20-13-4-1-5-14(21)19(13)15-12-23-17(27-15)8-7-16(25)22-9-3-11-24-10-2-6-18(24)26/h1,4-5,12H,2-3,6-11H2,(H,22,25). The molecule has 1 N–H and O–H groups in total.